The first-order valence-electron chi connectivity index (χ1n) is 11.1. The Bertz CT molecular complexity index is 1150. The Labute approximate surface area is 197 Å². The van der Waals surface area contributed by atoms with E-state index in [0.29, 0.717) is 30.3 Å². The van der Waals surface area contributed by atoms with Gasteiger partial charge in [-0.3, -0.25) is 14.4 Å². The number of hydrogen-bond donors (Lipinski definition) is 2. The molecule has 1 fully saturated rings. The maximum Gasteiger partial charge on any atom is 0.262 e. The van der Waals surface area contributed by atoms with E-state index in [1.807, 2.05) is 32.0 Å². The van der Waals surface area contributed by atoms with Gasteiger partial charge in [0.05, 0.1) is 18.7 Å². The van der Waals surface area contributed by atoms with Crippen molar-refractivity contribution in [2.45, 2.75) is 26.8 Å². The van der Waals surface area contributed by atoms with Gasteiger partial charge in [0, 0.05) is 24.3 Å². The Hall–Kier alpha value is -4.07. The lowest BCUT2D eigenvalue weighted by Gasteiger charge is -2.17. The van der Waals surface area contributed by atoms with Crippen LogP contribution >= 0.6 is 0 Å². The van der Waals surface area contributed by atoms with Crippen LogP contribution in [-0.2, 0) is 20.9 Å². The van der Waals surface area contributed by atoms with E-state index >= 15 is 0 Å². The van der Waals surface area contributed by atoms with Crippen LogP contribution in [-0.4, -0.2) is 30.9 Å². The second-order valence-corrected chi connectivity index (χ2v) is 8.41. The molecule has 8 nitrogen and oxygen atoms in total. The lowest BCUT2D eigenvalue weighted by Crippen LogP contribution is -2.32. The highest BCUT2D eigenvalue weighted by Gasteiger charge is 2.35. The number of carbonyl (C=O) groups is 3. The molecule has 0 spiro atoms. The van der Waals surface area contributed by atoms with Crippen molar-refractivity contribution in [2.75, 3.05) is 23.4 Å². The molecule has 1 atom stereocenters. The minimum atomic E-state index is -0.424. The van der Waals surface area contributed by atoms with Crippen molar-refractivity contribution in [3.05, 3.63) is 77.7 Å². The number of rotatable bonds is 8. The molecule has 176 valence electrons. The monoisotopic (exact) mass is 461 g/mol. The van der Waals surface area contributed by atoms with E-state index in [0.717, 1.165) is 16.8 Å². The molecule has 3 amide bonds. The van der Waals surface area contributed by atoms with Crippen LogP contribution in [0, 0.1) is 19.8 Å². The van der Waals surface area contributed by atoms with Crippen molar-refractivity contribution < 1.29 is 23.5 Å². The molecule has 1 aromatic heterocycles. The van der Waals surface area contributed by atoms with Crippen LogP contribution < -0.4 is 20.3 Å². The average Bonchev–Trinajstić information content (AvgIpc) is 3.45. The smallest absolute Gasteiger partial charge is 0.262 e. The van der Waals surface area contributed by atoms with Crippen LogP contribution in [0.4, 0.5) is 11.4 Å². The van der Waals surface area contributed by atoms with Gasteiger partial charge < -0.3 is 24.7 Å². The first-order chi connectivity index (χ1) is 16.4. The molecule has 0 radical (unpaired) electrons. The first kappa shape index (κ1) is 23.1. The number of benzene rings is 2. The molecule has 0 bridgehead atoms. The molecule has 2 N–H and O–H groups in total. The number of nitrogens with zero attached hydrogens (tertiary/aromatic N) is 1. The van der Waals surface area contributed by atoms with Gasteiger partial charge in [-0.15, -0.1) is 0 Å². The topological polar surface area (TPSA) is 101 Å². The van der Waals surface area contributed by atoms with E-state index in [4.69, 9.17) is 9.15 Å². The fourth-order valence-electron chi connectivity index (χ4n) is 3.98. The Balaban J connectivity index is 1.27. The van der Waals surface area contributed by atoms with Crippen LogP contribution in [0.15, 0.2) is 65.3 Å². The van der Waals surface area contributed by atoms with E-state index in [1.54, 1.807) is 47.6 Å². The minimum Gasteiger partial charge on any atom is -0.484 e. The van der Waals surface area contributed by atoms with Gasteiger partial charge in [-0.1, -0.05) is 6.07 Å². The van der Waals surface area contributed by atoms with Crippen molar-refractivity contribution in [3.8, 4) is 5.75 Å². The van der Waals surface area contributed by atoms with Crippen molar-refractivity contribution in [2.24, 2.45) is 5.92 Å². The van der Waals surface area contributed by atoms with Crippen molar-refractivity contribution in [1.82, 2.24) is 5.32 Å². The fourth-order valence-corrected chi connectivity index (χ4v) is 3.98. The third-order valence-corrected chi connectivity index (χ3v) is 5.54. The molecule has 4 rings (SSSR count). The van der Waals surface area contributed by atoms with E-state index in [1.165, 1.54) is 0 Å². The number of ether oxygens (including phenoxy) is 1. The summed E-state index contributed by atoms with van der Waals surface area (Å²) >= 11 is 0. The summed E-state index contributed by atoms with van der Waals surface area (Å²) in [6.07, 6.45) is 1.70. The Kier molecular flexibility index (Phi) is 6.96. The highest BCUT2D eigenvalue weighted by atomic mass is 16.5. The zero-order chi connectivity index (χ0) is 24.1. The van der Waals surface area contributed by atoms with Gasteiger partial charge in [0.25, 0.3) is 5.91 Å². The largest absolute Gasteiger partial charge is 0.484 e. The summed E-state index contributed by atoms with van der Waals surface area (Å²) in [5.41, 5.74) is 3.55. The molecular formula is C26H27N3O5. The summed E-state index contributed by atoms with van der Waals surface area (Å²) in [6.45, 7) is 4.41. The van der Waals surface area contributed by atoms with Gasteiger partial charge in [0.1, 0.15) is 11.5 Å². The third-order valence-electron chi connectivity index (χ3n) is 5.54. The molecule has 2 heterocycles. The molecule has 0 aliphatic carbocycles. The maximum atomic E-state index is 12.5. The van der Waals surface area contributed by atoms with Crippen LogP contribution in [0.5, 0.6) is 5.75 Å². The Morgan fingerprint density at radius 2 is 1.82 bits per heavy atom. The summed E-state index contributed by atoms with van der Waals surface area (Å²) in [4.78, 5) is 38.7. The quantitative estimate of drug-likeness (QED) is 0.534. The second kappa shape index (κ2) is 10.2. The molecule has 3 aromatic rings. The standard InChI is InChI=1S/C26H27N3O5/c1-17-10-18(2)12-20(11-17)28-24(30)16-34-22-7-5-21(6-8-22)29-15-19(13-25(29)31)26(32)27-14-23-4-3-9-33-23/h3-12,19H,13-16H2,1-2H3,(H,27,32)(H,28,30)/t19-/m0/s1. The predicted octanol–water partition coefficient (Wildman–Crippen LogP) is 3.58. The normalized spacial score (nSPS) is 15.3. The number of anilines is 2. The van der Waals surface area contributed by atoms with Gasteiger partial charge in [-0.2, -0.15) is 0 Å². The molecular weight excluding hydrogens is 434 g/mol. The van der Waals surface area contributed by atoms with Crippen molar-refractivity contribution in [1.29, 1.82) is 0 Å². The van der Waals surface area contributed by atoms with Gasteiger partial charge >= 0.3 is 0 Å². The van der Waals surface area contributed by atoms with Crippen LogP contribution in [0.25, 0.3) is 0 Å². The lowest BCUT2D eigenvalue weighted by atomic mass is 10.1. The Morgan fingerprint density at radius 1 is 1.09 bits per heavy atom. The van der Waals surface area contributed by atoms with Gasteiger partial charge in [0.15, 0.2) is 6.61 Å². The average molecular weight is 462 g/mol. The number of amides is 3. The summed E-state index contributed by atoms with van der Waals surface area (Å²) in [7, 11) is 0. The van der Waals surface area contributed by atoms with E-state index in [2.05, 4.69) is 10.6 Å². The molecule has 0 unspecified atom stereocenters. The zero-order valence-corrected chi connectivity index (χ0v) is 19.2. The van der Waals surface area contributed by atoms with Crippen LogP contribution in [0.1, 0.15) is 23.3 Å². The number of carbonyl (C=O) groups excluding carboxylic acids is 3. The molecule has 1 aliphatic rings. The summed E-state index contributed by atoms with van der Waals surface area (Å²) in [5.74, 6) is 0.202. The number of furan rings is 1. The molecule has 8 heteroatoms. The lowest BCUT2D eigenvalue weighted by molar-refractivity contribution is -0.126. The summed E-state index contributed by atoms with van der Waals surface area (Å²) in [5, 5.41) is 5.64. The number of hydrogen-bond acceptors (Lipinski definition) is 5. The van der Waals surface area contributed by atoms with Gasteiger partial charge in [-0.25, -0.2) is 0 Å². The fraction of sp³-hybridized carbons (Fsp3) is 0.269. The molecule has 34 heavy (non-hydrogen) atoms. The van der Waals surface area contributed by atoms with Gasteiger partial charge in [-0.05, 0) is 73.5 Å². The highest BCUT2D eigenvalue weighted by molar-refractivity contribution is 6.00. The van der Waals surface area contributed by atoms with E-state index in [9.17, 15) is 14.4 Å². The van der Waals surface area contributed by atoms with Crippen LogP contribution in [0.3, 0.4) is 0 Å². The van der Waals surface area contributed by atoms with E-state index < -0.39 is 5.92 Å². The summed E-state index contributed by atoms with van der Waals surface area (Å²) in [6, 6.07) is 16.3. The predicted molar refractivity (Wildman–Crippen MR) is 127 cm³/mol. The highest BCUT2D eigenvalue weighted by Crippen LogP contribution is 2.27. The van der Waals surface area contributed by atoms with Crippen molar-refractivity contribution >= 4 is 29.1 Å². The maximum absolute atomic E-state index is 12.5. The third kappa shape index (κ3) is 5.83. The molecule has 0 saturated carbocycles. The van der Waals surface area contributed by atoms with E-state index in [-0.39, 0.29) is 30.7 Å². The first-order valence-corrected chi connectivity index (χ1v) is 11.1. The van der Waals surface area contributed by atoms with Crippen molar-refractivity contribution in [3.63, 3.8) is 0 Å². The molecule has 2 aromatic carbocycles. The van der Waals surface area contributed by atoms with Crippen LogP contribution in [0.2, 0.25) is 0 Å². The molecule has 1 aliphatic heterocycles. The zero-order valence-electron chi connectivity index (χ0n) is 19.2. The molecule has 1 saturated heterocycles. The summed E-state index contributed by atoms with van der Waals surface area (Å²) < 4.78 is 10.8. The SMILES string of the molecule is Cc1cc(C)cc(NC(=O)COc2ccc(N3C[C@@H](C(=O)NCc4ccco4)CC3=O)cc2)c1. The second-order valence-electron chi connectivity index (χ2n) is 8.41. The Morgan fingerprint density at radius 3 is 2.50 bits per heavy atom. The number of aryl methyl sites for hydroxylation is 2. The number of nitrogens with one attached hydrogen (secondary N) is 2. The minimum absolute atomic E-state index is 0.111. The van der Waals surface area contributed by atoms with Gasteiger partial charge in [0.2, 0.25) is 11.8 Å².